The fourth-order valence-corrected chi connectivity index (χ4v) is 3.94. The van der Waals surface area contributed by atoms with E-state index >= 15 is 0 Å². The molecule has 0 radical (unpaired) electrons. The van der Waals surface area contributed by atoms with Crippen molar-refractivity contribution in [1.29, 1.82) is 0 Å². The predicted octanol–water partition coefficient (Wildman–Crippen LogP) is 3.16. The van der Waals surface area contributed by atoms with Gasteiger partial charge in [0.1, 0.15) is 5.82 Å². The van der Waals surface area contributed by atoms with Crippen LogP contribution in [0.4, 0.5) is 9.52 Å². The minimum Gasteiger partial charge on any atom is -0.353 e. The van der Waals surface area contributed by atoms with Gasteiger partial charge in [-0.25, -0.2) is 9.37 Å². The van der Waals surface area contributed by atoms with Crippen LogP contribution in [0.2, 0.25) is 0 Å². The molecule has 0 spiro atoms. The maximum absolute atomic E-state index is 12.8. The highest BCUT2D eigenvalue weighted by Gasteiger charge is 2.21. The molecule has 1 aromatic heterocycles. The molecule has 0 atom stereocenters. The summed E-state index contributed by atoms with van der Waals surface area (Å²) < 4.78 is 12.8. The Morgan fingerprint density at radius 2 is 2.09 bits per heavy atom. The van der Waals surface area contributed by atoms with E-state index in [-0.39, 0.29) is 17.8 Å². The van der Waals surface area contributed by atoms with Crippen LogP contribution in [0.3, 0.4) is 0 Å². The summed E-state index contributed by atoms with van der Waals surface area (Å²) >= 11 is 3.08. The Balaban J connectivity index is 1.40. The molecule has 2 heterocycles. The van der Waals surface area contributed by atoms with E-state index in [4.69, 9.17) is 0 Å². The van der Waals surface area contributed by atoms with Gasteiger partial charge in [0.05, 0.1) is 5.75 Å². The van der Waals surface area contributed by atoms with Crippen molar-refractivity contribution in [3.63, 3.8) is 0 Å². The van der Waals surface area contributed by atoms with Crippen molar-refractivity contribution in [2.24, 2.45) is 0 Å². The summed E-state index contributed by atoms with van der Waals surface area (Å²) in [6, 6.07) is 6.44. The number of carbonyl (C=O) groups excluding carboxylic acids is 1. The van der Waals surface area contributed by atoms with Gasteiger partial charge in [-0.15, -0.1) is 23.1 Å². The molecular formula is C16H18FN3OS2. The van der Waals surface area contributed by atoms with E-state index in [1.54, 1.807) is 23.5 Å². The van der Waals surface area contributed by atoms with Gasteiger partial charge in [0.25, 0.3) is 0 Å². The Morgan fingerprint density at radius 3 is 2.74 bits per heavy atom. The molecule has 0 aliphatic carbocycles. The molecule has 1 amide bonds. The number of rotatable bonds is 5. The first kappa shape index (κ1) is 16.3. The molecule has 7 heteroatoms. The lowest BCUT2D eigenvalue weighted by atomic mass is 10.1. The van der Waals surface area contributed by atoms with E-state index in [1.807, 2.05) is 11.6 Å². The van der Waals surface area contributed by atoms with E-state index in [0.29, 0.717) is 5.75 Å². The molecule has 1 N–H and O–H groups in total. The maximum atomic E-state index is 12.8. The normalized spacial score (nSPS) is 15.6. The van der Waals surface area contributed by atoms with Crippen molar-refractivity contribution < 1.29 is 9.18 Å². The summed E-state index contributed by atoms with van der Waals surface area (Å²) in [5.74, 6) is 0.135. The highest BCUT2D eigenvalue weighted by Crippen LogP contribution is 2.22. The quantitative estimate of drug-likeness (QED) is 0.841. The monoisotopic (exact) mass is 351 g/mol. The van der Waals surface area contributed by atoms with Crippen molar-refractivity contribution in [3.8, 4) is 0 Å². The smallest absolute Gasteiger partial charge is 0.230 e. The van der Waals surface area contributed by atoms with Gasteiger partial charge in [0.2, 0.25) is 5.91 Å². The number of hydrogen-bond acceptors (Lipinski definition) is 5. The number of halogens is 1. The lowest BCUT2D eigenvalue weighted by Gasteiger charge is -2.32. The highest BCUT2D eigenvalue weighted by molar-refractivity contribution is 8.00. The minimum absolute atomic E-state index is 0.0343. The van der Waals surface area contributed by atoms with Crippen LogP contribution in [0.15, 0.2) is 40.7 Å². The zero-order valence-electron chi connectivity index (χ0n) is 12.6. The topological polar surface area (TPSA) is 45.2 Å². The molecule has 23 heavy (non-hydrogen) atoms. The number of hydrogen-bond donors (Lipinski definition) is 1. The zero-order valence-corrected chi connectivity index (χ0v) is 14.2. The second-order valence-corrected chi connectivity index (χ2v) is 7.31. The molecule has 0 unspecified atom stereocenters. The first-order valence-corrected chi connectivity index (χ1v) is 9.39. The lowest BCUT2D eigenvalue weighted by Crippen LogP contribution is -2.45. The van der Waals surface area contributed by atoms with Crippen LogP contribution in [-0.2, 0) is 4.79 Å². The molecule has 4 nitrogen and oxygen atoms in total. The number of anilines is 1. The Labute approximate surface area is 143 Å². The average molecular weight is 351 g/mol. The number of piperidine rings is 1. The minimum atomic E-state index is -0.259. The van der Waals surface area contributed by atoms with Gasteiger partial charge in [-0.05, 0) is 37.1 Å². The molecule has 1 saturated heterocycles. The van der Waals surface area contributed by atoms with Crippen LogP contribution < -0.4 is 10.2 Å². The first-order valence-electron chi connectivity index (χ1n) is 7.53. The standard InChI is InChI=1S/C16H18FN3OS2/c17-12-1-3-14(4-2-12)23-11-15(21)19-13-5-8-20(9-6-13)16-18-7-10-22-16/h1-4,7,10,13H,5-6,8-9,11H2,(H,19,21). The Kier molecular flexibility index (Phi) is 5.51. The Bertz CT molecular complexity index is 625. The van der Waals surface area contributed by atoms with E-state index in [9.17, 15) is 9.18 Å². The van der Waals surface area contributed by atoms with E-state index in [2.05, 4.69) is 15.2 Å². The summed E-state index contributed by atoms with van der Waals surface area (Å²) in [6.07, 6.45) is 3.69. The maximum Gasteiger partial charge on any atom is 0.230 e. The van der Waals surface area contributed by atoms with Crippen LogP contribution in [0.1, 0.15) is 12.8 Å². The summed E-state index contributed by atoms with van der Waals surface area (Å²) in [6.45, 7) is 1.84. The number of nitrogens with zero attached hydrogens (tertiary/aromatic N) is 2. The van der Waals surface area contributed by atoms with Gasteiger partial charge in [0.15, 0.2) is 5.13 Å². The third-order valence-electron chi connectivity index (χ3n) is 3.73. The number of thioether (sulfide) groups is 1. The number of benzene rings is 1. The molecule has 0 saturated carbocycles. The number of nitrogens with one attached hydrogen (secondary N) is 1. The van der Waals surface area contributed by atoms with E-state index in [1.165, 1.54) is 23.9 Å². The molecule has 3 rings (SSSR count). The second-order valence-electron chi connectivity index (χ2n) is 5.39. The van der Waals surface area contributed by atoms with Gasteiger partial charge in [-0.1, -0.05) is 0 Å². The van der Waals surface area contributed by atoms with Crippen molar-refractivity contribution in [3.05, 3.63) is 41.7 Å². The third-order valence-corrected chi connectivity index (χ3v) is 5.58. The van der Waals surface area contributed by atoms with Gasteiger partial charge in [-0.2, -0.15) is 0 Å². The molecule has 2 aromatic rings. The van der Waals surface area contributed by atoms with Gasteiger partial charge < -0.3 is 10.2 Å². The fraction of sp³-hybridized carbons (Fsp3) is 0.375. The molecular weight excluding hydrogens is 333 g/mol. The van der Waals surface area contributed by atoms with Crippen molar-refractivity contribution in [2.75, 3.05) is 23.7 Å². The fourth-order valence-electron chi connectivity index (χ4n) is 2.54. The lowest BCUT2D eigenvalue weighted by molar-refractivity contribution is -0.119. The molecule has 0 bridgehead atoms. The Morgan fingerprint density at radius 1 is 1.35 bits per heavy atom. The number of carbonyl (C=O) groups is 1. The summed E-state index contributed by atoms with van der Waals surface area (Å²) in [7, 11) is 0. The Hall–Kier alpha value is -1.60. The van der Waals surface area contributed by atoms with Crippen molar-refractivity contribution >= 4 is 34.1 Å². The molecule has 1 aliphatic heterocycles. The van der Waals surface area contributed by atoms with Crippen LogP contribution in [0, 0.1) is 5.82 Å². The molecule has 1 aliphatic rings. The highest BCUT2D eigenvalue weighted by atomic mass is 32.2. The first-order chi connectivity index (χ1) is 11.2. The summed E-state index contributed by atoms with van der Waals surface area (Å²) in [5.41, 5.74) is 0. The molecule has 122 valence electrons. The van der Waals surface area contributed by atoms with Gasteiger partial charge in [0, 0.05) is 35.6 Å². The SMILES string of the molecule is O=C(CSc1ccc(F)cc1)NC1CCN(c2nccs2)CC1. The zero-order chi connectivity index (χ0) is 16.1. The number of aromatic nitrogens is 1. The van der Waals surface area contributed by atoms with E-state index in [0.717, 1.165) is 36.0 Å². The van der Waals surface area contributed by atoms with Gasteiger partial charge in [-0.3, -0.25) is 4.79 Å². The largest absolute Gasteiger partial charge is 0.353 e. The predicted molar refractivity (Wildman–Crippen MR) is 92.6 cm³/mol. The summed E-state index contributed by atoms with van der Waals surface area (Å²) in [5, 5.41) is 6.13. The molecule has 1 aromatic carbocycles. The number of amides is 1. The number of thiazole rings is 1. The second kappa shape index (κ2) is 7.79. The van der Waals surface area contributed by atoms with Crippen LogP contribution in [0.5, 0.6) is 0 Å². The van der Waals surface area contributed by atoms with Crippen molar-refractivity contribution in [2.45, 2.75) is 23.8 Å². The average Bonchev–Trinajstić information content (AvgIpc) is 3.09. The van der Waals surface area contributed by atoms with Crippen LogP contribution in [0.25, 0.3) is 0 Å². The van der Waals surface area contributed by atoms with Crippen molar-refractivity contribution in [1.82, 2.24) is 10.3 Å². The third kappa shape index (κ3) is 4.68. The molecule has 1 fully saturated rings. The summed E-state index contributed by atoms with van der Waals surface area (Å²) in [4.78, 5) is 19.5. The van der Waals surface area contributed by atoms with Crippen LogP contribution in [-0.4, -0.2) is 35.8 Å². The van der Waals surface area contributed by atoms with E-state index < -0.39 is 0 Å². The van der Waals surface area contributed by atoms with Crippen LogP contribution >= 0.6 is 23.1 Å². The van der Waals surface area contributed by atoms with Gasteiger partial charge >= 0.3 is 0 Å².